The lowest BCUT2D eigenvalue weighted by atomic mass is 10.3. The Bertz CT molecular complexity index is 326. The number of nitrogens with one attached hydrogen (secondary N) is 1. The minimum absolute atomic E-state index is 0.720. The first-order chi connectivity index (χ1) is 9.45. The van der Waals surface area contributed by atoms with Crippen LogP contribution in [-0.4, -0.2) is 57.4 Å². The molecule has 0 radical (unpaired) electrons. The first-order valence-corrected chi connectivity index (χ1v) is 7.14. The summed E-state index contributed by atoms with van der Waals surface area (Å²) in [4.78, 5) is 2.44. The van der Waals surface area contributed by atoms with Crippen LogP contribution in [0.1, 0.15) is 6.42 Å². The average molecular weight is 264 g/mol. The molecule has 0 aromatic heterocycles. The molecule has 1 aromatic carbocycles. The van der Waals surface area contributed by atoms with Gasteiger partial charge in [-0.1, -0.05) is 18.2 Å². The molecule has 1 aromatic rings. The van der Waals surface area contributed by atoms with Crippen LogP contribution in [0.2, 0.25) is 0 Å². The highest BCUT2D eigenvalue weighted by atomic mass is 16.5. The highest BCUT2D eigenvalue weighted by Crippen LogP contribution is 2.08. The van der Waals surface area contributed by atoms with E-state index in [1.807, 2.05) is 30.3 Å². The molecule has 0 bridgehead atoms. The van der Waals surface area contributed by atoms with Crippen molar-refractivity contribution < 1.29 is 9.47 Å². The number of nitrogens with zero attached hydrogens (tertiary/aromatic N) is 1. The molecule has 2 rings (SSSR count). The molecular formula is C15H24N2O2. The summed E-state index contributed by atoms with van der Waals surface area (Å²) in [6, 6.07) is 9.92. The number of ether oxygens (including phenoxy) is 2. The normalized spacial score (nSPS) is 16.4. The highest BCUT2D eigenvalue weighted by Gasteiger charge is 2.08. The Balaban J connectivity index is 1.42. The SMILES string of the molecule is c1ccc(OCCCOCCN2CCNCC2)cc1. The second-order valence-corrected chi connectivity index (χ2v) is 4.72. The van der Waals surface area contributed by atoms with Crippen LogP contribution in [0.25, 0.3) is 0 Å². The average Bonchev–Trinajstić information content (AvgIpc) is 2.48. The van der Waals surface area contributed by atoms with E-state index in [9.17, 15) is 0 Å². The van der Waals surface area contributed by atoms with Crippen molar-refractivity contribution in [2.24, 2.45) is 0 Å². The van der Waals surface area contributed by atoms with Gasteiger partial charge in [-0.15, -0.1) is 0 Å². The Kier molecular flexibility index (Phi) is 6.71. The van der Waals surface area contributed by atoms with E-state index >= 15 is 0 Å². The molecule has 4 heteroatoms. The molecule has 0 unspecified atom stereocenters. The Morgan fingerprint density at radius 2 is 1.79 bits per heavy atom. The van der Waals surface area contributed by atoms with Gasteiger partial charge < -0.3 is 14.8 Å². The maximum atomic E-state index is 5.63. The number of para-hydroxylation sites is 1. The van der Waals surface area contributed by atoms with Crippen LogP contribution in [-0.2, 0) is 4.74 Å². The fraction of sp³-hybridized carbons (Fsp3) is 0.600. The Morgan fingerprint density at radius 3 is 2.58 bits per heavy atom. The first kappa shape index (κ1) is 14.3. The summed E-state index contributed by atoms with van der Waals surface area (Å²) in [5, 5.41) is 3.35. The summed E-state index contributed by atoms with van der Waals surface area (Å²) in [5.74, 6) is 0.934. The molecule has 1 aliphatic heterocycles. The van der Waals surface area contributed by atoms with Crippen molar-refractivity contribution in [1.82, 2.24) is 10.2 Å². The van der Waals surface area contributed by atoms with Crippen LogP contribution in [0.15, 0.2) is 30.3 Å². The van der Waals surface area contributed by atoms with Crippen molar-refractivity contribution in [3.63, 3.8) is 0 Å². The third kappa shape index (κ3) is 6.05. The molecular weight excluding hydrogens is 240 g/mol. The molecule has 0 aliphatic carbocycles. The van der Waals surface area contributed by atoms with Gasteiger partial charge in [-0.25, -0.2) is 0 Å². The Labute approximate surface area is 115 Å². The van der Waals surface area contributed by atoms with Crippen LogP contribution in [0.4, 0.5) is 0 Å². The topological polar surface area (TPSA) is 33.7 Å². The monoisotopic (exact) mass is 264 g/mol. The van der Waals surface area contributed by atoms with Crippen molar-refractivity contribution in [2.45, 2.75) is 6.42 Å². The van der Waals surface area contributed by atoms with Crippen LogP contribution < -0.4 is 10.1 Å². The Hall–Kier alpha value is -1.10. The van der Waals surface area contributed by atoms with Gasteiger partial charge in [0.2, 0.25) is 0 Å². The summed E-state index contributed by atoms with van der Waals surface area (Å²) >= 11 is 0. The van der Waals surface area contributed by atoms with Gasteiger partial charge in [0.15, 0.2) is 0 Å². The largest absolute Gasteiger partial charge is 0.494 e. The van der Waals surface area contributed by atoms with Crippen molar-refractivity contribution in [2.75, 3.05) is 52.5 Å². The first-order valence-electron chi connectivity index (χ1n) is 7.14. The van der Waals surface area contributed by atoms with E-state index in [1.54, 1.807) is 0 Å². The molecule has 19 heavy (non-hydrogen) atoms. The maximum Gasteiger partial charge on any atom is 0.119 e. The van der Waals surface area contributed by atoms with E-state index in [-0.39, 0.29) is 0 Å². The summed E-state index contributed by atoms with van der Waals surface area (Å²) in [6.45, 7) is 7.85. The lowest BCUT2D eigenvalue weighted by molar-refractivity contribution is 0.0901. The zero-order chi connectivity index (χ0) is 13.2. The minimum Gasteiger partial charge on any atom is -0.494 e. The van der Waals surface area contributed by atoms with E-state index in [1.165, 1.54) is 0 Å². The van der Waals surface area contributed by atoms with Crippen molar-refractivity contribution in [1.29, 1.82) is 0 Å². The van der Waals surface area contributed by atoms with E-state index < -0.39 is 0 Å². The van der Waals surface area contributed by atoms with Gasteiger partial charge in [-0.2, -0.15) is 0 Å². The van der Waals surface area contributed by atoms with E-state index in [0.717, 1.165) is 64.7 Å². The van der Waals surface area contributed by atoms with Gasteiger partial charge >= 0.3 is 0 Å². The molecule has 1 aliphatic rings. The fourth-order valence-corrected chi connectivity index (χ4v) is 2.10. The zero-order valence-electron chi connectivity index (χ0n) is 11.5. The molecule has 0 amide bonds. The van der Waals surface area contributed by atoms with Crippen molar-refractivity contribution in [3.8, 4) is 5.75 Å². The maximum absolute atomic E-state index is 5.63. The van der Waals surface area contributed by atoms with Crippen LogP contribution in [0, 0.1) is 0 Å². The van der Waals surface area contributed by atoms with Gasteiger partial charge in [-0.3, -0.25) is 4.90 Å². The highest BCUT2D eigenvalue weighted by molar-refractivity contribution is 5.20. The molecule has 106 valence electrons. The van der Waals surface area contributed by atoms with Crippen LogP contribution in [0.5, 0.6) is 5.75 Å². The predicted octanol–water partition coefficient (Wildman–Crippen LogP) is 1.38. The van der Waals surface area contributed by atoms with Gasteiger partial charge in [0.05, 0.1) is 13.2 Å². The molecule has 1 fully saturated rings. The lowest BCUT2D eigenvalue weighted by Gasteiger charge is -2.26. The number of rotatable bonds is 8. The van der Waals surface area contributed by atoms with Gasteiger partial charge in [0, 0.05) is 45.8 Å². The number of hydrogen-bond donors (Lipinski definition) is 1. The standard InChI is InChI=1S/C15H24N2O2/c1-2-5-15(6-3-1)19-13-4-12-18-14-11-17-9-7-16-8-10-17/h1-3,5-6,16H,4,7-14H2. The van der Waals surface area contributed by atoms with Crippen molar-refractivity contribution >= 4 is 0 Å². The van der Waals surface area contributed by atoms with Crippen LogP contribution in [0.3, 0.4) is 0 Å². The van der Waals surface area contributed by atoms with E-state index in [2.05, 4.69) is 10.2 Å². The summed E-state index contributed by atoms with van der Waals surface area (Å²) in [5.41, 5.74) is 0. The zero-order valence-corrected chi connectivity index (χ0v) is 11.5. The second kappa shape index (κ2) is 8.91. The number of piperazine rings is 1. The van der Waals surface area contributed by atoms with Crippen molar-refractivity contribution in [3.05, 3.63) is 30.3 Å². The quantitative estimate of drug-likeness (QED) is 0.719. The van der Waals surface area contributed by atoms with E-state index in [0.29, 0.717) is 0 Å². The molecule has 0 atom stereocenters. The second-order valence-electron chi connectivity index (χ2n) is 4.72. The van der Waals surface area contributed by atoms with Crippen LogP contribution >= 0.6 is 0 Å². The van der Waals surface area contributed by atoms with Gasteiger partial charge in [-0.05, 0) is 12.1 Å². The third-order valence-electron chi connectivity index (χ3n) is 3.21. The smallest absolute Gasteiger partial charge is 0.119 e. The molecule has 1 saturated heterocycles. The molecule has 4 nitrogen and oxygen atoms in total. The summed E-state index contributed by atoms with van der Waals surface area (Å²) in [7, 11) is 0. The molecule has 0 spiro atoms. The fourth-order valence-electron chi connectivity index (χ4n) is 2.10. The van der Waals surface area contributed by atoms with Gasteiger partial charge in [0.25, 0.3) is 0 Å². The predicted molar refractivity (Wildman–Crippen MR) is 76.7 cm³/mol. The Morgan fingerprint density at radius 1 is 1.00 bits per heavy atom. The lowest BCUT2D eigenvalue weighted by Crippen LogP contribution is -2.44. The number of hydrogen-bond acceptors (Lipinski definition) is 4. The minimum atomic E-state index is 0.720. The molecule has 1 heterocycles. The summed E-state index contributed by atoms with van der Waals surface area (Å²) in [6.07, 6.45) is 0.941. The molecule has 1 N–H and O–H groups in total. The summed E-state index contributed by atoms with van der Waals surface area (Å²) < 4.78 is 11.2. The molecule has 0 saturated carbocycles. The third-order valence-corrected chi connectivity index (χ3v) is 3.21. The number of benzene rings is 1. The van der Waals surface area contributed by atoms with Gasteiger partial charge in [0.1, 0.15) is 5.75 Å². The van der Waals surface area contributed by atoms with E-state index in [4.69, 9.17) is 9.47 Å².